The number of hydrogen-bond acceptors (Lipinski definition) is 3. The summed E-state index contributed by atoms with van der Waals surface area (Å²) < 4.78 is 0. The highest BCUT2D eigenvalue weighted by atomic mass is 35.5. The second-order valence-electron chi connectivity index (χ2n) is 4.86. The fourth-order valence-electron chi connectivity index (χ4n) is 2.35. The topological polar surface area (TPSA) is 61.8 Å². The van der Waals surface area contributed by atoms with Crippen molar-refractivity contribution in [3.63, 3.8) is 0 Å². The van der Waals surface area contributed by atoms with Crippen molar-refractivity contribution in [2.24, 2.45) is 0 Å². The van der Waals surface area contributed by atoms with Gasteiger partial charge in [-0.1, -0.05) is 17.7 Å². The summed E-state index contributed by atoms with van der Waals surface area (Å²) in [5.41, 5.74) is 4.08. The Morgan fingerprint density at radius 3 is 2.80 bits per heavy atom. The molecule has 2 N–H and O–H groups in total. The Kier molecular flexibility index (Phi) is 3.20. The zero-order chi connectivity index (χ0) is 14.3. The van der Waals surface area contributed by atoms with Crippen molar-refractivity contribution in [1.82, 2.24) is 15.0 Å². The van der Waals surface area contributed by atoms with Crippen LogP contribution in [0.25, 0.3) is 11.0 Å². The molecule has 5 heteroatoms. The molecule has 0 saturated heterocycles. The first-order valence-electron chi connectivity index (χ1n) is 6.31. The third-order valence-corrected chi connectivity index (χ3v) is 3.59. The van der Waals surface area contributed by atoms with E-state index >= 15 is 0 Å². The second-order valence-corrected chi connectivity index (χ2v) is 5.25. The van der Waals surface area contributed by atoms with Gasteiger partial charge in [0.05, 0.1) is 0 Å². The fraction of sp³-hybridized carbons (Fsp3) is 0.200. The third-order valence-electron chi connectivity index (χ3n) is 3.38. The summed E-state index contributed by atoms with van der Waals surface area (Å²) in [6, 6.07) is 5.50. The quantitative estimate of drug-likeness (QED) is 0.711. The number of pyridine rings is 2. The SMILES string of the molecule is Cc1cnc2[nH]cc(C(O)c3ccc(Cl)nc3C)c2c1. The third kappa shape index (κ3) is 2.17. The van der Waals surface area contributed by atoms with Crippen molar-refractivity contribution in [3.8, 4) is 0 Å². The smallest absolute Gasteiger partial charge is 0.137 e. The molecule has 4 nitrogen and oxygen atoms in total. The maximum atomic E-state index is 10.6. The molecule has 20 heavy (non-hydrogen) atoms. The molecule has 3 heterocycles. The monoisotopic (exact) mass is 287 g/mol. The van der Waals surface area contributed by atoms with Crippen LogP contribution in [-0.4, -0.2) is 20.1 Å². The van der Waals surface area contributed by atoms with Crippen LogP contribution in [-0.2, 0) is 0 Å². The predicted octanol–water partition coefficient (Wildman–Crippen LogP) is 3.31. The summed E-state index contributed by atoms with van der Waals surface area (Å²) in [5.74, 6) is 0. The Hall–Kier alpha value is -1.91. The van der Waals surface area contributed by atoms with E-state index in [1.807, 2.05) is 19.9 Å². The number of aliphatic hydroxyl groups excluding tert-OH is 1. The normalized spacial score (nSPS) is 12.8. The fourth-order valence-corrected chi connectivity index (χ4v) is 2.54. The van der Waals surface area contributed by atoms with Crippen LogP contribution in [0.4, 0.5) is 0 Å². The van der Waals surface area contributed by atoms with Gasteiger partial charge >= 0.3 is 0 Å². The average Bonchev–Trinajstić information content (AvgIpc) is 2.81. The van der Waals surface area contributed by atoms with Crippen LogP contribution in [0.2, 0.25) is 5.15 Å². The molecule has 1 unspecified atom stereocenters. The van der Waals surface area contributed by atoms with Crippen molar-refractivity contribution in [2.45, 2.75) is 20.0 Å². The van der Waals surface area contributed by atoms with E-state index in [2.05, 4.69) is 15.0 Å². The van der Waals surface area contributed by atoms with Crippen LogP contribution in [0.15, 0.2) is 30.6 Å². The van der Waals surface area contributed by atoms with Gasteiger partial charge in [-0.15, -0.1) is 0 Å². The lowest BCUT2D eigenvalue weighted by molar-refractivity contribution is 0.220. The number of hydrogen-bond donors (Lipinski definition) is 2. The molecule has 102 valence electrons. The molecule has 0 saturated carbocycles. The van der Waals surface area contributed by atoms with E-state index in [9.17, 15) is 5.11 Å². The van der Waals surface area contributed by atoms with E-state index in [1.54, 1.807) is 24.5 Å². The number of halogens is 1. The summed E-state index contributed by atoms with van der Waals surface area (Å²) in [7, 11) is 0. The molecule has 1 atom stereocenters. The van der Waals surface area contributed by atoms with E-state index in [0.717, 1.165) is 33.4 Å². The number of rotatable bonds is 2. The van der Waals surface area contributed by atoms with Crippen molar-refractivity contribution in [2.75, 3.05) is 0 Å². The van der Waals surface area contributed by atoms with Gasteiger partial charge in [0.15, 0.2) is 0 Å². The largest absolute Gasteiger partial charge is 0.384 e. The van der Waals surface area contributed by atoms with Crippen LogP contribution < -0.4 is 0 Å². The van der Waals surface area contributed by atoms with Gasteiger partial charge in [-0.2, -0.15) is 0 Å². The molecule has 3 aromatic heterocycles. The van der Waals surface area contributed by atoms with Gasteiger partial charge in [0.2, 0.25) is 0 Å². The molecule has 0 aliphatic heterocycles. The zero-order valence-corrected chi connectivity index (χ0v) is 11.9. The molecule has 0 amide bonds. The summed E-state index contributed by atoms with van der Waals surface area (Å²) in [4.78, 5) is 11.6. The van der Waals surface area contributed by atoms with Crippen molar-refractivity contribution in [1.29, 1.82) is 0 Å². The molecular formula is C15H14ClN3O. The van der Waals surface area contributed by atoms with E-state index < -0.39 is 6.10 Å². The Morgan fingerprint density at radius 1 is 1.25 bits per heavy atom. The number of aromatic nitrogens is 3. The van der Waals surface area contributed by atoms with Gasteiger partial charge in [-0.3, -0.25) is 0 Å². The lowest BCUT2D eigenvalue weighted by atomic mass is 10.0. The van der Waals surface area contributed by atoms with E-state index in [1.165, 1.54) is 0 Å². The average molecular weight is 288 g/mol. The second kappa shape index (κ2) is 4.89. The van der Waals surface area contributed by atoms with Gasteiger partial charge < -0.3 is 10.1 Å². The van der Waals surface area contributed by atoms with Crippen molar-refractivity contribution >= 4 is 22.6 Å². The molecule has 0 bridgehead atoms. The Labute approximate surface area is 121 Å². The van der Waals surface area contributed by atoms with E-state index in [0.29, 0.717) is 5.15 Å². The molecule has 0 fully saturated rings. The number of nitrogens with zero attached hydrogens (tertiary/aromatic N) is 2. The van der Waals surface area contributed by atoms with Crippen LogP contribution >= 0.6 is 11.6 Å². The number of aromatic amines is 1. The Morgan fingerprint density at radius 2 is 2.05 bits per heavy atom. The molecule has 3 rings (SSSR count). The number of aryl methyl sites for hydroxylation is 2. The number of nitrogens with one attached hydrogen (secondary N) is 1. The van der Waals surface area contributed by atoms with Gasteiger partial charge in [0, 0.05) is 34.6 Å². The molecule has 0 spiro atoms. The number of aliphatic hydroxyl groups is 1. The van der Waals surface area contributed by atoms with Crippen molar-refractivity contribution in [3.05, 3.63) is 58.1 Å². The van der Waals surface area contributed by atoms with Crippen LogP contribution in [0.5, 0.6) is 0 Å². The summed E-state index contributed by atoms with van der Waals surface area (Å²) in [5, 5.41) is 12.0. The first-order chi connectivity index (χ1) is 9.56. The van der Waals surface area contributed by atoms with Crippen molar-refractivity contribution < 1.29 is 5.11 Å². The van der Waals surface area contributed by atoms with Gasteiger partial charge in [0.1, 0.15) is 16.9 Å². The first-order valence-corrected chi connectivity index (χ1v) is 6.69. The minimum atomic E-state index is -0.753. The van der Waals surface area contributed by atoms with Gasteiger partial charge in [-0.25, -0.2) is 9.97 Å². The first kappa shape index (κ1) is 13.1. The van der Waals surface area contributed by atoms with Crippen LogP contribution in [0.1, 0.15) is 28.5 Å². The molecule has 3 aromatic rings. The Balaban J connectivity index is 2.12. The predicted molar refractivity (Wildman–Crippen MR) is 78.9 cm³/mol. The number of H-pyrrole nitrogens is 1. The van der Waals surface area contributed by atoms with E-state index in [4.69, 9.17) is 11.6 Å². The highest BCUT2D eigenvalue weighted by molar-refractivity contribution is 6.29. The zero-order valence-electron chi connectivity index (χ0n) is 11.2. The summed E-state index contributed by atoms with van der Waals surface area (Å²) >= 11 is 5.85. The lowest BCUT2D eigenvalue weighted by Gasteiger charge is -2.12. The standard InChI is InChI=1S/C15H14ClN3O/c1-8-5-11-12(7-18-15(11)17-6-8)14(20)10-3-4-13(16)19-9(10)2/h3-7,14,20H,1-2H3,(H,17,18). The van der Waals surface area contributed by atoms with Gasteiger partial charge in [-0.05, 0) is 31.5 Å². The minimum absolute atomic E-state index is 0.426. The minimum Gasteiger partial charge on any atom is -0.384 e. The summed E-state index contributed by atoms with van der Waals surface area (Å²) in [6.07, 6.45) is 2.83. The Bertz CT molecular complexity index is 782. The highest BCUT2D eigenvalue weighted by Crippen LogP contribution is 2.30. The van der Waals surface area contributed by atoms with Crippen LogP contribution in [0.3, 0.4) is 0 Å². The molecule has 0 aromatic carbocycles. The maximum Gasteiger partial charge on any atom is 0.137 e. The van der Waals surface area contributed by atoms with E-state index in [-0.39, 0.29) is 0 Å². The lowest BCUT2D eigenvalue weighted by Crippen LogP contribution is -2.03. The molecule has 0 aliphatic carbocycles. The molecular weight excluding hydrogens is 274 g/mol. The van der Waals surface area contributed by atoms with Gasteiger partial charge in [0.25, 0.3) is 0 Å². The number of fused-ring (bicyclic) bond motifs is 1. The molecule has 0 radical (unpaired) electrons. The van der Waals surface area contributed by atoms with Crippen LogP contribution in [0, 0.1) is 13.8 Å². The highest BCUT2D eigenvalue weighted by Gasteiger charge is 2.18. The molecule has 0 aliphatic rings. The summed E-state index contributed by atoms with van der Waals surface area (Å²) in [6.45, 7) is 3.81. The maximum absolute atomic E-state index is 10.6.